The van der Waals surface area contributed by atoms with E-state index in [-0.39, 0.29) is 12.1 Å². The van der Waals surface area contributed by atoms with Gasteiger partial charge in [-0.3, -0.25) is 4.90 Å². The second kappa shape index (κ2) is 10.4. The van der Waals surface area contributed by atoms with Gasteiger partial charge in [0.05, 0.1) is 6.04 Å². The minimum atomic E-state index is -1.32. The van der Waals surface area contributed by atoms with Gasteiger partial charge in [0, 0.05) is 18.1 Å². The van der Waals surface area contributed by atoms with Crippen molar-refractivity contribution in [3.63, 3.8) is 0 Å². The van der Waals surface area contributed by atoms with Crippen LogP contribution in [0.3, 0.4) is 0 Å². The molecule has 1 aliphatic carbocycles. The lowest BCUT2D eigenvalue weighted by Gasteiger charge is -2.38. The van der Waals surface area contributed by atoms with E-state index in [9.17, 15) is 9.90 Å². The summed E-state index contributed by atoms with van der Waals surface area (Å²) in [5.41, 5.74) is 0.200. The van der Waals surface area contributed by atoms with Gasteiger partial charge in [0.25, 0.3) is 0 Å². The summed E-state index contributed by atoms with van der Waals surface area (Å²) in [6.45, 7) is 3.06. The van der Waals surface area contributed by atoms with Crippen molar-refractivity contribution in [3.05, 3.63) is 78.2 Å². The molecule has 0 unspecified atom stereocenters. The zero-order valence-electron chi connectivity index (χ0n) is 21.8. The monoisotopic (exact) mass is 502 g/mol. The summed E-state index contributed by atoms with van der Waals surface area (Å²) in [6.07, 6.45) is 11.5. The summed E-state index contributed by atoms with van der Waals surface area (Å²) in [7, 11) is 0. The number of hydrogen-bond donors (Lipinski definition) is 3. The zero-order chi connectivity index (χ0) is 25.4. The number of morpholine rings is 1. The molecule has 2 aromatic rings. The smallest absolute Gasteiger partial charge is 0.315 e. The third-order valence-electron chi connectivity index (χ3n) is 9.37. The number of ether oxygens (including phenoxy) is 1. The number of benzene rings is 2. The van der Waals surface area contributed by atoms with Gasteiger partial charge < -0.3 is 20.5 Å². The molecule has 0 aromatic heterocycles. The lowest BCUT2D eigenvalue weighted by Crippen LogP contribution is -2.54. The normalized spacial score (nSPS) is 31.8. The number of aliphatic hydroxyl groups is 1. The van der Waals surface area contributed by atoms with E-state index in [4.69, 9.17) is 4.74 Å². The van der Waals surface area contributed by atoms with Gasteiger partial charge in [0.1, 0.15) is 17.8 Å². The highest BCUT2D eigenvalue weighted by Gasteiger charge is 2.61. The van der Waals surface area contributed by atoms with Crippen LogP contribution in [0.4, 0.5) is 4.79 Å². The molecule has 4 aliphatic rings. The van der Waals surface area contributed by atoms with Crippen molar-refractivity contribution in [2.45, 2.75) is 93.8 Å². The standard InChI is InChI=1S/C31H40N3O3/c1-21(31(36,23-9-4-2-5-10-23)24-11-6-3-7-12-24)32-30(35)33-25-17-15-22(16-18-25)19-20-34-26-13-8-14-27(34)29-28(26)37-29/h2-12,21-22,25-29,36H,13-20H2,1H3,(H2,32,33,35)/t21-,22-,25-,26-,27+,28+,29-/m0/s1. The predicted octanol–water partition coefficient (Wildman–Crippen LogP) is 4.38. The molecule has 2 bridgehead atoms. The third kappa shape index (κ3) is 4.91. The van der Waals surface area contributed by atoms with Crippen LogP contribution < -0.4 is 10.6 Å². The van der Waals surface area contributed by atoms with Crippen molar-refractivity contribution < 1.29 is 14.6 Å². The van der Waals surface area contributed by atoms with E-state index in [0.717, 1.165) is 42.7 Å². The van der Waals surface area contributed by atoms with E-state index in [0.29, 0.717) is 24.3 Å². The van der Waals surface area contributed by atoms with Crippen molar-refractivity contribution in [1.29, 1.82) is 0 Å². The first kappa shape index (κ1) is 24.9. The Balaban J connectivity index is 0.997. The van der Waals surface area contributed by atoms with Crippen molar-refractivity contribution in [2.24, 2.45) is 5.92 Å². The summed E-state index contributed by atoms with van der Waals surface area (Å²) >= 11 is 0. The van der Waals surface area contributed by atoms with Crippen LogP contribution in [0, 0.1) is 12.3 Å². The van der Waals surface area contributed by atoms with E-state index >= 15 is 0 Å². The number of amides is 2. The van der Waals surface area contributed by atoms with Crippen LogP contribution in [0.2, 0.25) is 0 Å². The van der Waals surface area contributed by atoms with Crippen LogP contribution in [-0.4, -0.2) is 59.0 Å². The number of nitrogens with one attached hydrogen (secondary N) is 2. The first-order valence-electron chi connectivity index (χ1n) is 14.2. The van der Waals surface area contributed by atoms with Gasteiger partial charge in [-0.2, -0.15) is 0 Å². The highest BCUT2D eigenvalue weighted by molar-refractivity contribution is 5.75. The highest BCUT2D eigenvalue weighted by Crippen LogP contribution is 2.48. The molecule has 2 aromatic carbocycles. The summed E-state index contributed by atoms with van der Waals surface area (Å²) in [5.74, 6) is 0.740. The fourth-order valence-electron chi connectivity index (χ4n) is 7.19. The van der Waals surface area contributed by atoms with Crippen molar-refractivity contribution in [2.75, 3.05) is 6.54 Å². The van der Waals surface area contributed by atoms with Crippen LogP contribution in [0.5, 0.6) is 0 Å². The molecule has 1 radical (unpaired) electrons. The quantitative estimate of drug-likeness (QED) is 0.469. The maximum absolute atomic E-state index is 13.0. The number of nitrogens with zero attached hydrogens (tertiary/aromatic N) is 1. The van der Waals surface area contributed by atoms with E-state index < -0.39 is 11.6 Å². The van der Waals surface area contributed by atoms with Gasteiger partial charge in [0.15, 0.2) is 0 Å². The maximum Gasteiger partial charge on any atom is 0.315 e. The minimum absolute atomic E-state index is 0.187. The number of urea groups is 1. The number of epoxide rings is 1. The fourth-order valence-corrected chi connectivity index (χ4v) is 7.19. The van der Waals surface area contributed by atoms with Crippen LogP contribution in [0.15, 0.2) is 60.7 Å². The second-order valence-electron chi connectivity index (χ2n) is 11.5. The van der Waals surface area contributed by atoms with E-state index in [1.54, 1.807) is 0 Å². The van der Waals surface area contributed by atoms with Gasteiger partial charge in [-0.25, -0.2) is 4.79 Å². The largest absolute Gasteiger partial charge is 0.378 e. The summed E-state index contributed by atoms with van der Waals surface area (Å²) in [6, 6.07) is 19.9. The Hall–Kier alpha value is -2.41. The second-order valence-corrected chi connectivity index (χ2v) is 11.5. The van der Waals surface area contributed by atoms with Gasteiger partial charge in [-0.05, 0) is 81.9 Å². The van der Waals surface area contributed by atoms with Crippen LogP contribution in [0.25, 0.3) is 0 Å². The number of carbonyl (C=O) groups is 1. The first-order valence-corrected chi connectivity index (χ1v) is 14.2. The van der Waals surface area contributed by atoms with Crippen LogP contribution in [0.1, 0.15) is 63.0 Å². The summed E-state index contributed by atoms with van der Waals surface area (Å²) in [5, 5.41) is 18.1. The Labute approximate surface area is 220 Å². The van der Waals surface area contributed by atoms with Crippen molar-refractivity contribution in [1.82, 2.24) is 15.5 Å². The average molecular weight is 503 g/mol. The van der Waals surface area contributed by atoms with E-state index in [1.165, 1.54) is 25.8 Å². The van der Waals surface area contributed by atoms with Gasteiger partial charge in [-0.1, -0.05) is 60.7 Å². The lowest BCUT2D eigenvalue weighted by molar-refractivity contribution is 0.0469. The molecule has 3 heterocycles. The zero-order valence-corrected chi connectivity index (χ0v) is 21.8. The molecule has 3 aliphatic heterocycles. The molecule has 197 valence electrons. The fraction of sp³-hybridized carbons (Fsp3) is 0.548. The molecule has 6 nitrogen and oxygen atoms in total. The van der Waals surface area contributed by atoms with Gasteiger partial charge >= 0.3 is 6.03 Å². The van der Waals surface area contributed by atoms with E-state index in [1.807, 2.05) is 67.6 Å². The molecule has 6 rings (SSSR count). The minimum Gasteiger partial charge on any atom is -0.378 e. The van der Waals surface area contributed by atoms with Gasteiger partial charge in [0.2, 0.25) is 0 Å². The molecule has 3 N–H and O–H groups in total. The third-order valence-corrected chi connectivity index (χ3v) is 9.37. The molecule has 3 saturated heterocycles. The molecular weight excluding hydrogens is 462 g/mol. The highest BCUT2D eigenvalue weighted by atomic mass is 16.6. The molecule has 4 fully saturated rings. The number of fused-ring (bicyclic) bond motifs is 5. The molecule has 1 saturated carbocycles. The Morgan fingerprint density at radius 1 is 0.973 bits per heavy atom. The number of hydrogen-bond acceptors (Lipinski definition) is 4. The molecule has 37 heavy (non-hydrogen) atoms. The molecule has 0 spiro atoms. The number of piperidine rings is 1. The number of rotatable bonds is 8. The van der Waals surface area contributed by atoms with Gasteiger partial charge in [-0.15, -0.1) is 0 Å². The molecule has 5 atom stereocenters. The Kier molecular flexibility index (Phi) is 6.99. The molecule has 2 amide bonds. The van der Waals surface area contributed by atoms with Crippen LogP contribution >= 0.6 is 0 Å². The van der Waals surface area contributed by atoms with Crippen molar-refractivity contribution >= 4 is 6.03 Å². The number of carbonyl (C=O) groups excluding carboxylic acids is 1. The Morgan fingerprint density at radius 3 is 2.11 bits per heavy atom. The lowest BCUT2D eigenvalue weighted by atomic mass is 9.81. The predicted molar refractivity (Wildman–Crippen MR) is 144 cm³/mol. The van der Waals surface area contributed by atoms with Crippen LogP contribution in [-0.2, 0) is 10.3 Å². The Morgan fingerprint density at radius 2 is 1.54 bits per heavy atom. The first-order chi connectivity index (χ1) is 18.0. The summed E-state index contributed by atoms with van der Waals surface area (Å²) in [4.78, 5) is 15.7. The molecule has 6 heteroatoms. The van der Waals surface area contributed by atoms with E-state index in [2.05, 4.69) is 22.0 Å². The Bertz CT molecular complexity index is 1000. The molecular formula is C31H40N3O3. The van der Waals surface area contributed by atoms with Crippen molar-refractivity contribution in [3.8, 4) is 0 Å². The average Bonchev–Trinajstić information content (AvgIpc) is 3.70. The summed E-state index contributed by atoms with van der Waals surface area (Å²) < 4.78 is 5.87. The topological polar surface area (TPSA) is 77.1 Å². The maximum atomic E-state index is 13.0. The SMILES string of the molecule is C[C@H](NC(=O)N[C@H]1CC[C@H](CCN2[C@@H]3C[CH]C[C@H]2[C@H]2O[C@H]23)CC1)C(O)(c1ccccc1)c1ccccc1.